The van der Waals surface area contributed by atoms with E-state index in [1.165, 1.54) is 4.90 Å². The Labute approximate surface area is 130 Å². The summed E-state index contributed by atoms with van der Waals surface area (Å²) < 4.78 is 5.61. The highest BCUT2D eigenvalue weighted by Gasteiger charge is 2.31. The molecule has 0 saturated carbocycles. The van der Waals surface area contributed by atoms with Crippen LogP contribution < -0.4 is 4.74 Å². The molecule has 1 aliphatic heterocycles. The zero-order chi connectivity index (χ0) is 15.9. The summed E-state index contributed by atoms with van der Waals surface area (Å²) in [7, 11) is 0. The largest absolute Gasteiger partial charge is 0.494 e. The van der Waals surface area contributed by atoms with E-state index in [-0.39, 0.29) is 5.91 Å². The van der Waals surface area contributed by atoms with Crippen molar-refractivity contribution >= 4 is 11.9 Å². The molecule has 5 heteroatoms. The molecule has 1 saturated heterocycles. The van der Waals surface area contributed by atoms with Gasteiger partial charge >= 0.3 is 5.97 Å². The first-order chi connectivity index (χ1) is 10.6. The molecule has 2 rings (SSSR count). The van der Waals surface area contributed by atoms with Gasteiger partial charge in [0.05, 0.1) is 6.61 Å². The smallest absolute Gasteiger partial charge is 0.326 e. The van der Waals surface area contributed by atoms with Gasteiger partial charge in [0.2, 0.25) is 5.91 Å². The van der Waals surface area contributed by atoms with Crippen molar-refractivity contribution in [1.29, 1.82) is 0 Å². The summed E-state index contributed by atoms with van der Waals surface area (Å²) in [5.41, 5.74) is 1.13. The molecular weight excluding hydrogens is 282 g/mol. The maximum atomic E-state index is 12.2. The van der Waals surface area contributed by atoms with Crippen LogP contribution in [0.4, 0.5) is 0 Å². The van der Waals surface area contributed by atoms with E-state index >= 15 is 0 Å². The Balaban J connectivity index is 1.76. The molecule has 0 aliphatic carbocycles. The molecule has 1 heterocycles. The summed E-state index contributed by atoms with van der Waals surface area (Å²) in [6.07, 6.45) is 3.23. The van der Waals surface area contributed by atoms with E-state index in [1.807, 2.05) is 31.2 Å². The Kier molecular flexibility index (Phi) is 5.81. The second-order valence-electron chi connectivity index (χ2n) is 5.71. The zero-order valence-corrected chi connectivity index (χ0v) is 13.0. The van der Waals surface area contributed by atoms with Crippen LogP contribution >= 0.6 is 0 Å². The van der Waals surface area contributed by atoms with Crippen LogP contribution in [0.2, 0.25) is 0 Å². The minimum atomic E-state index is -0.899. The fraction of sp³-hybridized carbons (Fsp3) is 0.529. The molecule has 0 spiro atoms. The van der Waals surface area contributed by atoms with Crippen LogP contribution in [-0.4, -0.2) is 41.1 Å². The van der Waals surface area contributed by atoms with Gasteiger partial charge in [-0.1, -0.05) is 12.1 Å². The van der Waals surface area contributed by atoms with Gasteiger partial charge in [-0.25, -0.2) is 4.79 Å². The third kappa shape index (κ3) is 4.48. The lowest BCUT2D eigenvalue weighted by molar-refractivity contribution is -0.152. The van der Waals surface area contributed by atoms with Crippen molar-refractivity contribution in [2.24, 2.45) is 0 Å². The molecule has 0 aromatic heterocycles. The van der Waals surface area contributed by atoms with E-state index in [0.717, 1.165) is 24.2 Å². The van der Waals surface area contributed by atoms with Crippen LogP contribution in [0.1, 0.15) is 37.7 Å². The predicted octanol–water partition coefficient (Wildman–Crippen LogP) is 2.62. The number of rotatable bonds is 6. The van der Waals surface area contributed by atoms with Crippen LogP contribution in [-0.2, 0) is 9.59 Å². The number of amides is 1. The van der Waals surface area contributed by atoms with Gasteiger partial charge in [0.1, 0.15) is 11.8 Å². The number of nitrogens with zero attached hydrogens (tertiary/aromatic N) is 1. The number of carbonyl (C=O) groups is 2. The maximum Gasteiger partial charge on any atom is 0.326 e. The number of aliphatic carboxylic acids is 1. The first-order valence-corrected chi connectivity index (χ1v) is 7.79. The Morgan fingerprint density at radius 3 is 2.91 bits per heavy atom. The number of likely N-dealkylation sites (tertiary alicyclic amines) is 1. The Hall–Kier alpha value is -2.04. The molecule has 22 heavy (non-hydrogen) atoms. The SMILES string of the molecule is Cc1cccc(OCCCC(=O)N2CCCCC2C(=O)O)c1. The molecule has 5 nitrogen and oxygen atoms in total. The Bertz CT molecular complexity index is 529. The molecule has 1 N–H and O–H groups in total. The van der Waals surface area contributed by atoms with Crippen molar-refractivity contribution in [3.63, 3.8) is 0 Å². The summed E-state index contributed by atoms with van der Waals surface area (Å²) in [6.45, 7) is 3.01. The van der Waals surface area contributed by atoms with Crippen molar-refractivity contribution in [2.45, 2.75) is 45.1 Å². The molecule has 1 aromatic carbocycles. The molecule has 0 radical (unpaired) electrons. The van der Waals surface area contributed by atoms with Gasteiger partial charge in [0.25, 0.3) is 0 Å². The lowest BCUT2D eigenvalue weighted by Crippen LogP contribution is -2.47. The van der Waals surface area contributed by atoms with Gasteiger partial charge in [-0.3, -0.25) is 4.79 Å². The van der Waals surface area contributed by atoms with E-state index in [1.54, 1.807) is 0 Å². The fourth-order valence-corrected chi connectivity index (χ4v) is 2.75. The van der Waals surface area contributed by atoms with Crippen LogP contribution in [0.3, 0.4) is 0 Å². The van der Waals surface area contributed by atoms with Gasteiger partial charge in [-0.15, -0.1) is 0 Å². The fourth-order valence-electron chi connectivity index (χ4n) is 2.75. The number of aryl methyl sites for hydroxylation is 1. The molecule has 120 valence electrons. The molecule has 1 aliphatic rings. The predicted molar refractivity (Wildman–Crippen MR) is 82.9 cm³/mol. The summed E-state index contributed by atoms with van der Waals surface area (Å²) in [5.74, 6) is -0.183. The maximum absolute atomic E-state index is 12.2. The Morgan fingerprint density at radius 1 is 1.36 bits per heavy atom. The minimum absolute atomic E-state index is 0.0834. The van der Waals surface area contributed by atoms with Crippen LogP contribution in [0, 0.1) is 6.92 Å². The molecule has 0 bridgehead atoms. The number of carboxylic acids is 1. The second kappa shape index (κ2) is 7.82. The molecule has 1 aromatic rings. The molecule has 1 amide bonds. The topological polar surface area (TPSA) is 66.8 Å². The second-order valence-corrected chi connectivity index (χ2v) is 5.71. The van der Waals surface area contributed by atoms with Crippen molar-refractivity contribution < 1.29 is 19.4 Å². The van der Waals surface area contributed by atoms with Crippen LogP contribution in [0.5, 0.6) is 5.75 Å². The number of piperidine rings is 1. The first-order valence-electron chi connectivity index (χ1n) is 7.79. The van der Waals surface area contributed by atoms with Gasteiger partial charge in [0, 0.05) is 13.0 Å². The molecule has 1 atom stereocenters. The number of hydrogen-bond acceptors (Lipinski definition) is 3. The number of benzene rings is 1. The minimum Gasteiger partial charge on any atom is -0.494 e. The quantitative estimate of drug-likeness (QED) is 0.820. The van der Waals surface area contributed by atoms with Crippen molar-refractivity contribution in [3.05, 3.63) is 29.8 Å². The average Bonchev–Trinajstić information content (AvgIpc) is 2.51. The van der Waals surface area contributed by atoms with E-state index in [4.69, 9.17) is 4.74 Å². The number of carbonyl (C=O) groups excluding carboxylic acids is 1. The zero-order valence-electron chi connectivity index (χ0n) is 13.0. The van der Waals surface area contributed by atoms with E-state index in [0.29, 0.717) is 32.4 Å². The van der Waals surface area contributed by atoms with E-state index in [9.17, 15) is 14.7 Å². The summed E-state index contributed by atoms with van der Waals surface area (Å²) in [4.78, 5) is 24.9. The summed E-state index contributed by atoms with van der Waals surface area (Å²) in [5, 5.41) is 9.19. The molecule has 1 fully saturated rings. The third-order valence-electron chi connectivity index (χ3n) is 3.90. The van der Waals surface area contributed by atoms with Gasteiger partial charge in [-0.2, -0.15) is 0 Å². The average molecular weight is 305 g/mol. The Morgan fingerprint density at radius 2 is 2.18 bits per heavy atom. The van der Waals surface area contributed by atoms with E-state index in [2.05, 4.69) is 0 Å². The van der Waals surface area contributed by atoms with Gasteiger partial charge in [-0.05, 0) is 50.3 Å². The number of ether oxygens (including phenoxy) is 1. The third-order valence-corrected chi connectivity index (χ3v) is 3.90. The number of carboxylic acid groups (broad SMARTS) is 1. The first kappa shape index (κ1) is 16.3. The summed E-state index contributed by atoms with van der Waals surface area (Å²) in [6, 6.07) is 7.12. The highest BCUT2D eigenvalue weighted by atomic mass is 16.5. The lowest BCUT2D eigenvalue weighted by atomic mass is 10.0. The molecular formula is C17H23NO4. The highest BCUT2D eigenvalue weighted by Crippen LogP contribution is 2.19. The van der Waals surface area contributed by atoms with Crippen LogP contribution in [0.15, 0.2) is 24.3 Å². The van der Waals surface area contributed by atoms with Gasteiger partial charge in [0.15, 0.2) is 0 Å². The van der Waals surface area contributed by atoms with Crippen molar-refractivity contribution in [2.75, 3.05) is 13.2 Å². The van der Waals surface area contributed by atoms with E-state index < -0.39 is 12.0 Å². The normalized spacial score (nSPS) is 18.0. The standard InChI is InChI=1S/C17H23NO4/c1-13-6-4-7-14(12-13)22-11-5-9-16(19)18-10-3-2-8-15(18)17(20)21/h4,6-7,12,15H,2-3,5,8-11H2,1H3,(H,20,21). The molecule has 1 unspecified atom stereocenters. The van der Waals surface area contributed by atoms with Gasteiger partial charge < -0.3 is 14.7 Å². The monoisotopic (exact) mass is 305 g/mol. The lowest BCUT2D eigenvalue weighted by Gasteiger charge is -2.33. The van der Waals surface area contributed by atoms with Crippen molar-refractivity contribution in [1.82, 2.24) is 4.90 Å². The summed E-state index contributed by atoms with van der Waals surface area (Å²) >= 11 is 0. The van der Waals surface area contributed by atoms with Crippen LogP contribution in [0.25, 0.3) is 0 Å². The highest BCUT2D eigenvalue weighted by molar-refractivity contribution is 5.83. The number of hydrogen-bond donors (Lipinski definition) is 1. The van der Waals surface area contributed by atoms with Crippen molar-refractivity contribution in [3.8, 4) is 5.75 Å².